The van der Waals surface area contributed by atoms with Crippen LogP contribution in [0.25, 0.3) is 10.9 Å². The van der Waals surface area contributed by atoms with E-state index < -0.39 is 0 Å². The van der Waals surface area contributed by atoms with Gasteiger partial charge in [0.2, 0.25) is 0 Å². The summed E-state index contributed by atoms with van der Waals surface area (Å²) < 4.78 is 0. The first-order valence-corrected chi connectivity index (χ1v) is 9.88. The second-order valence-electron chi connectivity index (χ2n) is 5.96. The molecule has 4 nitrogen and oxygen atoms in total. The number of nitrogens with one attached hydrogen (secondary N) is 1. The van der Waals surface area contributed by atoms with Crippen molar-refractivity contribution in [3.63, 3.8) is 0 Å². The molecule has 0 unspecified atom stereocenters. The van der Waals surface area contributed by atoms with E-state index in [0.29, 0.717) is 15.7 Å². The maximum Gasteiger partial charge on any atom is 0.253 e. The lowest BCUT2D eigenvalue weighted by atomic mass is 10.1. The van der Waals surface area contributed by atoms with Crippen molar-refractivity contribution in [1.82, 2.24) is 10.4 Å². The Kier molecular flexibility index (Phi) is 6.37. The molecule has 1 atom stereocenters. The van der Waals surface area contributed by atoms with E-state index in [4.69, 9.17) is 23.2 Å². The van der Waals surface area contributed by atoms with Crippen LogP contribution in [0.3, 0.4) is 0 Å². The summed E-state index contributed by atoms with van der Waals surface area (Å²) in [5.41, 5.74) is 5.11. The largest absolute Gasteiger partial charge is 0.272 e. The SMILES string of the molecule is Cc1cccc2cc(/C=N\NC(=O)[C@@H](C)Sc3ccc(Cl)cc3)c(Cl)nc12. The summed E-state index contributed by atoms with van der Waals surface area (Å²) in [7, 11) is 0. The molecule has 0 aliphatic heterocycles. The quantitative estimate of drug-likeness (QED) is 0.258. The second-order valence-corrected chi connectivity index (χ2v) is 8.17. The highest BCUT2D eigenvalue weighted by molar-refractivity contribution is 8.00. The van der Waals surface area contributed by atoms with Crippen molar-refractivity contribution in [3.8, 4) is 0 Å². The van der Waals surface area contributed by atoms with Gasteiger partial charge in [0, 0.05) is 20.9 Å². The maximum absolute atomic E-state index is 12.2. The van der Waals surface area contributed by atoms with Gasteiger partial charge in [-0.3, -0.25) is 4.79 Å². The number of thioether (sulfide) groups is 1. The lowest BCUT2D eigenvalue weighted by molar-refractivity contribution is -0.120. The number of amides is 1. The predicted octanol–water partition coefficient (Wildman–Crippen LogP) is 5.48. The molecule has 2 aromatic carbocycles. The molecule has 0 saturated carbocycles. The van der Waals surface area contributed by atoms with E-state index in [-0.39, 0.29) is 11.2 Å². The minimum Gasteiger partial charge on any atom is -0.272 e. The highest BCUT2D eigenvalue weighted by Gasteiger charge is 2.13. The molecule has 3 aromatic rings. The van der Waals surface area contributed by atoms with Crippen molar-refractivity contribution in [3.05, 3.63) is 69.8 Å². The zero-order valence-corrected chi connectivity index (χ0v) is 17.1. The first-order chi connectivity index (χ1) is 12.9. The van der Waals surface area contributed by atoms with E-state index in [2.05, 4.69) is 15.5 Å². The summed E-state index contributed by atoms with van der Waals surface area (Å²) in [4.78, 5) is 17.6. The van der Waals surface area contributed by atoms with Gasteiger partial charge in [0.25, 0.3) is 5.91 Å². The average molecular weight is 418 g/mol. The zero-order chi connectivity index (χ0) is 19.4. The van der Waals surface area contributed by atoms with E-state index >= 15 is 0 Å². The van der Waals surface area contributed by atoms with Crippen LogP contribution < -0.4 is 5.43 Å². The van der Waals surface area contributed by atoms with Gasteiger partial charge in [0.05, 0.1) is 17.0 Å². The van der Waals surface area contributed by atoms with Gasteiger partial charge in [0.15, 0.2) is 0 Å². The summed E-state index contributed by atoms with van der Waals surface area (Å²) in [6.45, 7) is 3.80. The molecule has 138 valence electrons. The number of pyridine rings is 1. The van der Waals surface area contributed by atoms with Crippen molar-refractivity contribution < 1.29 is 4.79 Å². The topological polar surface area (TPSA) is 54.4 Å². The Morgan fingerprint density at radius 3 is 2.70 bits per heavy atom. The minimum atomic E-state index is -0.309. The molecule has 0 aliphatic carbocycles. The van der Waals surface area contributed by atoms with E-state index in [1.54, 1.807) is 12.1 Å². The number of carbonyl (C=O) groups is 1. The molecule has 0 spiro atoms. The van der Waals surface area contributed by atoms with Crippen LogP contribution in [-0.2, 0) is 4.79 Å². The molecule has 0 bridgehead atoms. The highest BCUT2D eigenvalue weighted by Crippen LogP contribution is 2.25. The summed E-state index contributed by atoms with van der Waals surface area (Å²) in [5.74, 6) is -0.202. The molecular formula is C20H17Cl2N3OS. The fraction of sp³-hybridized carbons (Fsp3) is 0.150. The third-order valence-electron chi connectivity index (χ3n) is 3.90. The number of rotatable bonds is 5. The summed E-state index contributed by atoms with van der Waals surface area (Å²) in [5, 5.41) is 5.70. The number of nitrogens with zero attached hydrogens (tertiary/aromatic N) is 2. The summed E-state index contributed by atoms with van der Waals surface area (Å²) >= 11 is 13.5. The van der Waals surface area contributed by atoms with Crippen LogP contribution in [0.2, 0.25) is 10.2 Å². The van der Waals surface area contributed by atoms with E-state index in [1.165, 1.54) is 18.0 Å². The zero-order valence-electron chi connectivity index (χ0n) is 14.7. The fourth-order valence-electron chi connectivity index (χ4n) is 2.46. The summed E-state index contributed by atoms with van der Waals surface area (Å²) in [6, 6.07) is 15.2. The Hall–Kier alpha value is -2.08. The third kappa shape index (κ3) is 5.01. The van der Waals surface area contributed by atoms with Crippen molar-refractivity contribution in [2.45, 2.75) is 24.0 Å². The Bertz CT molecular complexity index is 1010. The monoisotopic (exact) mass is 417 g/mol. The van der Waals surface area contributed by atoms with Crippen LogP contribution in [0.15, 0.2) is 58.5 Å². The van der Waals surface area contributed by atoms with Crippen molar-refractivity contribution in [2.75, 3.05) is 0 Å². The van der Waals surface area contributed by atoms with Gasteiger partial charge < -0.3 is 0 Å². The lowest BCUT2D eigenvalue weighted by Gasteiger charge is -2.09. The molecule has 1 aromatic heterocycles. The molecule has 1 heterocycles. The third-order valence-corrected chi connectivity index (χ3v) is 5.57. The predicted molar refractivity (Wildman–Crippen MR) is 114 cm³/mol. The molecule has 7 heteroatoms. The van der Waals surface area contributed by atoms with Crippen molar-refractivity contribution in [2.24, 2.45) is 5.10 Å². The average Bonchev–Trinajstić information content (AvgIpc) is 2.64. The van der Waals surface area contributed by atoms with E-state index in [1.807, 2.05) is 50.2 Å². The molecule has 0 saturated heterocycles. The number of carbonyl (C=O) groups excluding carboxylic acids is 1. The molecule has 3 rings (SSSR count). The Labute approximate surface area is 172 Å². The number of hydrogen-bond acceptors (Lipinski definition) is 4. The number of benzene rings is 2. The van der Waals surface area contributed by atoms with Gasteiger partial charge >= 0.3 is 0 Å². The van der Waals surface area contributed by atoms with Crippen LogP contribution in [0.5, 0.6) is 0 Å². The number of hydrazone groups is 1. The molecule has 0 radical (unpaired) electrons. The second kappa shape index (κ2) is 8.74. The van der Waals surface area contributed by atoms with Gasteiger partial charge in [-0.05, 0) is 49.7 Å². The van der Waals surface area contributed by atoms with Crippen LogP contribution in [0.1, 0.15) is 18.1 Å². The number of aryl methyl sites for hydroxylation is 1. The minimum absolute atomic E-state index is 0.202. The molecule has 1 amide bonds. The smallest absolute Gasteiger partial charge is 0.253 e. The molecule has 1 N–H and O–H groups in total. The number of aromatic nitrogens is 1. The van der Waals surface area contributed by atoms with Gasteiger partial charge in [-0.2, -0.15) is 5.10 Å². The normalized spacial score (nSPS) is 12.4. The van der Waals surface area contributed by atoms with Crippen LogP contribution in [-0.4, -0.2) is 22.4 Å². The Morgan fingerprint density at radius 2 is 1.96 bits per heavy atom. The van der Waals surface area contributed by atoms with Gasteiger partial charge in [-0.1, -0.05) is 41.4 Å². The van der Waals surface area contributed by atoms with Crippen LogP contribution >= 0.6 is 35.0 Å². The molecule has 0 fully saturated rings. The fourth-order valence-corrected chi connectivity index (χ4v) is 3.63. The van der Waals surface area contributed by atoms with Crippen molar-refractivity contribution >= 4 is 58.0 Å². The lowest BCUT2D eigenvalue weighted by Crippen LogP contribution is -2.26. The van der Waals surface area contributed by atoms with Gasteiger partial charge in [-0.15, -0.1) is 11.8 Å². The highest BCUT2D eigenvalue weighted by atomic mass is 35.5. The van der Waals surface area contributed by atoms with Crippen molar-refractivity contribution in [1.29, 1.82) is 0 Å². The van der Waals surface area contributed by atoms with E-state index in [9.17, 15) is 4.79 Å². The van der Waals surface area contributed by atoms with Crippen LogP contribution in [0, 0.1) is 6.92 Å². The summed E-state index contributed by atoms with van der Waals surface area (Å²) in [6.07, 6.45) is 1.51. The molecule has 0 aliphatic rings. The first kappa shape index (κ1) is 19.7. The Morgan fingerprint density at radius 1 is 1.22 bits per heavy atom. The number of para-hydroxylation sites is 1. The maximum atomic E-state index is 12.2. The van der Waals surface area contributed by atoms with Crippen LogP contribution in [0.4, 0.5) is 0 Å². The van der Waals surface area contributed by atoms with E-state index in [0.717, 1.165) is 21.4 Å². The Balaban J connectivity index is 1.66. The number of halogens is 2. The van der Waals surface area contributed by atoms with Gasteiger partial charge in [0.1, 0.15) is 5.15 Å². The standard InChI is InChI=1S/C20H17Cl2N3OS/c1-12-4-3-5-14-10-15(19(22)24-18(12)14)11-23-25-20(26)13(2)27-17-8-6-16(21)7-9-17/h3-11,13H,1-2H3,(H,25,26)/b23-11-/t13-/m1/s1. The number of hydrogen-bond donors (Lipinski definition) is 1. The first-order valence-electron chi connectivity index (χ1n) is 8.25. The molecule has 27 heavy (non-hydrogen) atoms. The van der Waals surface area contributed by atoms with Gasteiger partial charge in [-0.25, -0.2) is 10.4 Å². The molecular weight excluding hydrogens is 401 g/mol. The number of fused-ring (bicyclic) bond motifs is 1.